The number of rotatable bonds is 6. The van der Waals surface area contributed by atoms with E-state index < -0.39 is 0 Å². The van der Waals surface area contributed by atoms with Crippen LogP contribution in [0.25, 0.3) is 0 Å². The number of nitrogens with zero attached hydrogens (tertiary/aromatic N) is 3. The molecule has 4 nitrogen and oxygen atoms in total. The summed E-state index contributed by atoms with van der Waals surface area (Å²) in [6.07, 6.45) is 3.47. The van der Waals surface area contributed by atoms with Crippen molar-refractivity contribution in [2.75, 3.05) is 25.0 Å². The lowest BCUT2D eigenvalue weighted by atomic mass is 10.1. The van der Waals surface area contributed by atoms with Gasteiger partial charge in [0.15, 0.2) is 0 Å². The second-order valence-electron chi connectivity index (χ2n) is 4.63. The number of nitrogens with two attached hydrogens (primary N) is 1. The van der Waals surface area contributed by atoms with Gasteiger partial charge in [-0.3, -0.25) is 0 Å². The molecule has 0 fully saturated rings. The molecule has 0 atom stereocenters. The van der Waals surface area contributed by atoms with E-state index in [2.05, 4.69) is 49.0 Å². The molecule has 20 heavy (non-hydrogen) atoms. The van der Waals surface area contributed by atoms with E-state index in [0.717, 1.165) is 29.1 Å². The lowest BCUT2D eigenvalue weighted by Gasteiger charge is -2.18. The molecular formula is C15H19BrN4. The number of benzene rings is 1. The second kappa shape index (κ2) is 7.36. The van der Waals surface area contributed by atoms with E-state index in [0.29, 0.717) is 13.0 Å². The van der Waals surface area contributed by atoms with Crippen LogP contribution in [-0.2, 0) is 12.8 Å². The Bertz CT molecular complexity index is 559. The summed E-state index contributed by atoms with van der Waals surface area (Å²) in [5.41, 5.74) is 6.84. The van der Waals surface area contributed by atoms with Crippen LogP contribution >= 0.6 is 15.9 Å². The van der Waals surface area contributed by atoms with Gasteiger partial charge in [0.2, 0.25) is 0 Å². The maximum absolute atomic E-state index is 5.54. The predicted octanol–water partition coefficient (Wildman–Crippen LogP) is 2.42. The maximum Gasteiger partial charge on any atom is 0.131 e. The van der Waals surface area contributed by atoms with Crippen LogP contribution in [0.15, 0.2) is 41.0 Å². The molecule has 1 aromatic heterocycles. The van der Waals surface area contributed by atoms with E-state index in [4.69, 9.17) is 5.73 Å². The average Bonchev–Trinajstić information content (AvgIpc) is 2.47. The molecule has 0 spiro atoms. The zero-order chi connectivity index (χ0) is 14.4. The van der Waals surface area contributed by atoms with E-state index in [9.17, 15) is 0 Å². The summed E-state index contributed by atoms with van der Waals surface area (Å²) in [4.78, 5) is 10.9. The van der Waals surface area contributed by atoms with E-state index >= 15 is 0 Å². The fourth-order valence-corrected chi connectivity index (χ4v) is 2.44. The Morgan fingerprint density at radius 2 is 2.00 bits per heavy atom. The standard InChI is InChI=1S/C15H19BrN4/c1-20(11-8-12-4-2-3-5-13(12)16)15-7-10-18-14(19-15)6-9-17/h2-5,7,10H,6,8-9,11,17H2,1H3. The first-order valence-corrected chi connectivity index (χ1v) is 7.46. The summed E-state index contributed by atoms with van der Waals surface area (Å²) in [5, 5.41) is 0. The van der Waals surface area contributed by atoms with Crippen molar-refractivity contribution < 1.29 is 0 Å². The summed E-state index contributed by atoms with van der Waals surface area (Å²) in [6, 6.07) is 10.2. The molecule has 0 radical (unpaired) electrons. The van der Waals surface area contributed by atoms with Crippen molar-refractivity contribution >= 4 is 21.7 Å². The minimum atomic E-state index is 0.574. The molecule has 106 valence electrons. The monoisotopic (exact) mass is 334 g/mol. The molecule has 1 heterocycles. The number of hydrogen-bond acceptors (Lipinski definition) is 4. The molecule has 0 amide bonds. The fraction of sp³-hybridized carbons (Fsp3) is 0.333. The van der Waals surface area contributed by atoms with Gasteiger partial charge in [0.1, 0.15) is 11.6 Å². The quantitative estimate of drug-likeness (QED) is 0.881. The van der Waals surface area contributed by atoms with E-state index in [1.807, 2.05) is 19.2 Å². The van der Waals surface area contributed by atoms with Gasteiger partial charge in [0, 0.05) is 30.7 Å². The van der Waals surface area contributed by atoms with Crippen LogP contribution in [0, 0.1) is 0 Å². The van der Waals surface area contributed by atoms with Crippen LogP contribution < -0.4 is 10.6 Å². The molecule has 2 N–H and O–H groups in total. The molecule has 0 saturated carbocycles. The molecule has 1 aromatic carbocycles. The minimum absolute atomic E-state index is 0.574. The highest BCUT2D eigenvalue weighted by molar-refractivity contribution is 9.10. The lowest BCUT2D eigenvalue weighted by molar-refractivity contribution is 0.819. The van der Waals surface area contributed by atoms with Gasteiger partial charge >= 0.3 is 0 Å². The Morgan fingerprint density at radius 1 is 1.20 bits per heavy atom. The Labute approximate surface area is 128 Å². The van der Waals surface area contributed by atoms with E-state index in [1.165, 1.54) is 5.56 Å². The van der Waals surface area contributed by atoms with Gasteiger partial charge < -0.3 is 10.6 Å². The second-order valence-corrected chi connectivity index (χ2v) is 5.49. The molecule has 2 aromatic rings. The number of likely N-dealkylation sites (N-methyl/N-ethyl adjacent to an activating group) is 1. The van der Waals surface area contributed by atoms with Crippen LogP contribution in [0.2, 0.25) is 0 Å². The van der Waals surface area contributed by atoms with Gasteiger partial charge in [-0.25, -0.2) is 9.97 Å². The van der Waals surface area contributed by atoms with Crippen LogP contribution in [0.4, 0.5) is 5.82 Å². The largest absolute Gasteiger partial charge is 0.359 e. The highest BCUT2D eigenvalue weighted by Gasteiger charge is 2.06. The SMILES string of the molecule is CN(CCc1ccccc1Br)c1ccnc(CCN)n1. The van der Waals surface area contributed by atoms with Crippen molar-refractivity contribution in [2.24, 2.45) is 5.73 Å². The number of halogens is 1. The van der Waals surface area contributed by atoms with Gasteiger partial charge in [0.25, 0.3) is 0 Å². The Kier molecular flexibility index (Phi) is 5.49. The van der Waals surface area contributed by atoms with Crippen molar-refractivity contribution in [2.45, 2.75) is 12.8 Å². The predicted molar refractivity (Wildman–Crippen MR) is 85.9 cm³/mol. The van der Waals surface area contributed by atoms with Crippen molar-refractivity contribution in [3.8, 4) is 0 Å². The molecular weight excluding hydrogens is 316 g/mol. The smallest absolute Gasteiger partial charge is 0.131 e. The molecule has 0 aliphatic rings. The topological polar surface area (TPSA) is 55.0 Å². The van der Waals surface area contributed by atoms with Crippen molar-refractivity contribution in [1.29, 1.82) is 0 Å². The van der Waals surface area contributed by atoms with Gasteiger partial charge in [-0.15, -0.1) is 0 Å². The average molecular weight is 335 g/mol. The number of hydrogen-bond donors (Lipinski definition) is 1. The van der Waals surface area contributed by atoms with Crippen molar-refractivity contribution in [1.82, 2.24) is 9.97 Å². The third-order valence-electron chi connectivity index (χ3n) is 3.12. The Morgan fingerprint density at radius 3 is 2.75 bits per heavy atom. The number of anilines is 1. The zero-order valence-electron chi connectivity index (χ0n) is 11.6. The first kappa shape index (κ1) is 14.9. The van der Waals surface area contributed by atoms with E-state index in [-0.39, 0.29) is 0 Å². The molecule has 5 heteroatoms. The first-order valence-electron chi connectivity index (χ1n) is 6.67. The van der Waals surface area contributed by atoms with Crippen LogP contribution in [0.5, 0.6) is 0 Å². The van der Waals surface area contributed by atoms with Crippen LogP contribution in [0.1, 0.15) is 11.4 Å². The van der Waals surface area contributed by atoms with Gasteiger partial charge in [-0.1, -0.05) is 34.1 Å². The maximum atomic E-state index is 5.54. The van der Waals surface area contributed by atoms with Gasteiger partial charge in [-0.2, -0.15) is 0 Å². The third kappa shape index (κ3) is 4.02. The van der Waals surface area contributed by atoms with Crippen LogP contribution in [-0.4, -0.2) is 30.1 Å². The normalized spacial score (nSPS) is 10.6. The van der Waals surface area contributed by atoms with Gasteiger partial charge in [-0.05, 0) is 30.7 Å². The third-order valence-corrected chi connectivity index (χ3v) is 3.90. The molecule has 0 aliphatic heterocycles. The molecule has 0 bridgehead atoms. The first-order chi connectivity index (χ1) is 9.70. The van der Waals surface area contributed by atoms with Crippen molar-refractivity contribution in [3.63, 3.8) is 0 Å². The van der Waals surface area contributed by atoms with E-state index in [1.54, 1.807) is 6.20 Å². The molecule has 0 unspecified atom stereocenters. The summed E-state index contributed by atoms with van der Waals surface area (Å²) in [6.45, 7) is 1.48. The summed E-state index contributed by atoms with van der Waals surface area (Å²) in [5.74, 6) is 1.74. The fourth-order valence-electron chi connectivity index (χ4n) is 1.95. The summed E-state index contributed by atoms with van der Waals surface area (Å²) < 4.78 is 1.15. The number of aromatic nitrogens is 2. The molecule has 0 aliphatic carbocycles. The highest BCUT2D eigenvalue weighted by atomic mass is 79.9. The Hall–Kier alpha value is -1.46. The lowest BCUT2D eigenvalue weighted by Crippen LogP contribution is -2.22. The molecule has 2 rings (SSSR count). The minimum Gasteiger partial charge on any atom is -0.359 e. The Balaban J connectivity index is 1.99. The van der Waals surface area contributed by atoms with Crippen LogP contribution in [0.3, 0.4) is 0 Å². The summed E-state index contributed by atoms with van der Waals surface area (Å²) >= 11 is 3.58. The van der Waals surface area contributed by atoms with Gasteiger partial charge in [0.05, 0.1) is 0 Å². The zero-order valence-corrected chi connectivity index (χ0v) is 13.2. The summed E-state index contributed by atoms with van der Waals surface area (Å²) in [7, 11) is 2.05. The van der Waals surface area contributed by atoms with Crippen molar-refractivity contribution in [3.05, 3.63) is 52.4 Å². The molecule has 0 saturated heterocycles. The highest BCUT2D eigenvalue weighted by Crippen LogP contribution is 2.17.